The molecule has 0 aliphatic carbocycles. The number of para-hydroxylation sites is 1. The maximum absolute atomic E-state index is 12.7. The third-order valence-electron chi connectivity index (χ3n) is 3.36. The third kappa shape index (κ3) is 2.01. The monoisotopic (exact) mass is 260 g/mol. The Kier molecular flexibility index (Phi) is 2.93. The van der Waals surface area contributed by atoms with Crippen LogP contribution in [0.4, 0.5) is 24.5 Å². The van der Waals surface area contributed by atoms with Crippen LogP contribution in [-0.4, -0.2) is 30.0 Å². The number of hydrogen-bond donors (Lipinski definition) is 2. The number of aryl methyl sites for hydroxylation is 1. The Morgan fingerprint density at radius 3 is 2.56 bits per heavy atom. The van der Waals surface area contributed by atoms with Crippen molar-refractivity contribution in [2.45, 2.75) is 25.1 Å². The predicted octanol–water partition coefficient (Wildman–Crippen LogP) is 2.08. The lowest BCUT2D eigenvalue weighted by Crippen LogP contribution is -2.47. The maximum Gasteiger partial charge on any atom is 0.418 e. The normalized spacial score (nSPS) is 24.6. The number of nitrogens with two attached hydrogens (primary N) is 1. The predicted molar refractivity (Wildman–Crippen MR) is 63.4 cm³/mol. The van der Waals surface area contributed by atoms with Crippen LogP contribution in [0.25, 0.3) is 0 Å². The second kappa shape index (κ2) is 4.05. The largest absolute Gasteiger partial charge is 0.418 e. The van der Waals surface area contributed by atoms with E-state index < -0.39 is 18.3 Å². The van der Waals surface area contributed by atoms with Crippen LogP contribution in [0.5, 0.6) is 0 Å². The van der Waals surface area contributed by atoms with Crippen LogP contribution < -0.4 is 10.6 Å². The summed E-state index contributed by atoms with van der Waals surface area (Å²) in [5.74, 6) is 0. The smallest absolute Gasteiger partial charge is 0.397 e. The summed E-state index contributed by atoms with van der Waals surface area (Å²) in [5.41, 5.74) is 4.98. The molecule has 0 amide bonds. The Morgan fingerprint density at radius 1 is 1.39 bits per heavy atom. The number of β-amino-alcohol motifs (C(OH)–C–C–N with tert-alkyl or cyclic N) is 1. The first kappa shape index (κ1) is 13.0. The number of anilines is 2. The van der Waals surface area contributed by atoms with E-state index in [0.717, 1.165) is 5.56 Å². The minimum Gasteiger partial charge on any atom is -0.397 e. The highest BCUT2D eigenvalue weighted by atomic mass is 19.4. The highest BCUT2D eigenvalue weighted by molar-refractivity contribution is 5.72. The fourth-order valence-corrected chi connectivity index (χ4v) is 2.33. The minimum absolute atomic E-state index is 0.144. The SMILES string of the molecule is Cc1cccc(N)c1N1CCC(O)(C(F)(F)F)C1. The number of benzene rings is 1. The first-order valence-electron chi connectivity index (χ1n) is 5.64. The second-order valence-electron chi connectivity index (χ2n) is 4.71. The van der Waals surface area contributed by atoms with Gasteiger partial charge in [-0.15, -0.1) is 0 Å². The molecule has 100 valence electrons. The molecule has 0 radical (unpaired) electrons. The van der Waals surface area contributed by atoms with Gasteiger partial charge in [0.1, 0.15) is 0 Å². The highest BCUT2D eigenvalue weighted by Gasteiger charge is 2.57. The van der Waals surface area contributed by atoms with E-state index in [0.29, 0.717) is 11.4 Å². The molecule has 1 aromatic rings. The summed E-state index contributed by atoms with van der Waals surface area (Å²) >= 11 is 0. The van der Waals surface area contributed by atoms with E-state index in [1.165, 1.54) is 4.90 Å². The van der Waals surface area contributed by atoms with E-state index in [1.54, 1.807) is 25.1 Å². The van der Waals surface area contributed by atoms with Crippen molar-refractivity contribution in [2.24, 2.45) is 0 Å². The zero-order valence-electron chi connectivity index (χ0n) is 9.96. The quantitative estimate of drug-likeness (QED) is 0.760. The van der Waals surface area contributed by atoms with Gasteiger partial charge in [0.25, 0.3) is 0 Å². The van der Waals surface area contributed by atoms with Gasteiger partial charge in [-0.25, -0.2) is 0 Å². The molecule has 0 saturated carbocycles. The number of rotatable bonds is 1. The third-order valence-corrected chi connectivity index (χ3v) is 3.36. The van der Waals surface area contributed by atoms with Crippen LogP contribution in [0.1, 0.15) is 12.0 Å². The summed E-state index contributed by atoms with van der Waals surface area (Å²) < 4.78 is 38.2. The summed E-state index contributed by atoms with van der Waals surface area (Å²) in [6, 6.07) is 5.18. The van der Waals surface area contributed by atoms with Gasteiger partial charge < -0.3 is 15.7 Å². The van der Waals surface area contributed by atoms with Gasteiger partial charge >= 0.3 is 6.18 Å². The zero-order valence-corrected chi connectivity index (χ0v) is 9.96. The molecule has 0 bridgehead atoms. The van der Waals surface area contributed by atoms with Gasteiger partial charge in [-0.2, -0.15) is 13.2 Å². The summed E-state index contributed by atoms with van der Waals surface area (Å²) in [6.07, 6.45) is -4.94. The molecule has 0 aromatic heterocycles. The molecule has 1 aliphatic rings. The van der Waals surface area contributed by atoms with E-state index in [-0.39, 0.29) is 13.0 Å². The number of hydrogen-bond acceptors (Lipinski definition) is 3. The second-order valence-corrected chi connectivity index (χ2v) is 4.71. The lowest BCUT2D eigenvalue weighted by molar-refractivity contribution is -0.250. The number of halogens is 3. The van der Waals surface area contributed by atoms with E-state index >= 15 is 0 Å². The molecule has 1 unspecified atom stereocenters. The Morgan fingerprint density at radius 2 is 2.06 bits per heavy atom. The van der Waals surface area contributed by atoms with Crippen molar-refractivity contribution in [3.8, 4) is 0 Å². The van der Waals surface area contributed by atoms with Crippen molar-refractivity contribution >= 4 is 11.4 Å². The van der Waals surface area contributed by atoms with Crippen LogP contribution in [0.15, 0.2) is 18.2 Å². The van der Waals surface area contributed by atoms with Crippen molar-refractivity contribution < 1.29 is 18.3 Å². The molecular formula is C12H15F3N2O. The Labute approximate surface area is 103 Å². The lowest BCUT2D eigenvalue weighted by Gasteiger charge is -2.27. The van der Waals surface area contributed by atoms with Gasteiger partial charge in [-0.3, -0.25) is 0 Å². The summed E-state index contributed by atoms with van der Waals surface area (Å²) in [5, 5.41) is 9.63. The average Bonchev–Trinajstić information content (AvgIpc) is 2.61. The Balaban J connectivity index is 2.29. The first-order chi connectivity index (χ1) is 8.24. The number of alkyl halides is 3. The molecule has 1 saturated heterocycles. The average molecular weight is 260 g/mol. The van der Waals surface area contributed by atoms with Gasteiger partial charge in [-0.1, -0.05) is 12.1 Å². The van der Waals surface area contributed by atoms with E-state index in [4.69, 9.17) is 5.73 Å². The zero-order chi connectivity index (χ0) is 13.6. The van der Waals surface area contributed by atoms with Crippen LogP contribution in [0.2, 0.25) is 0 Å². The van der Waals surface area contributed by atoms with Crippen molar-refractivity contribution in [1.82, 2.24) is 0 Å². The lowest BCUT2D eigenvalue weighted by atomic mass is 10.0. The molecule has 1 atom stereocenters. The van der Waals surface area contributed by atoms with Crippen molar-refractivity contribution in [3.63, 3.8) is 0 Å². The van der Waals surface area contributed by atoms with Gasteiger partial charge in [0.05, 0.1) is 17.9 Å². The maximum atomic E-state index is 12.7. The molecule has 3 N–H and O–H groups in total. The van der Waals surface area contributed by atoms with E-state index in [2.05, 4.69) is 0 Å². The van der Waals surface area contributed by atoms with Gasteiger partial charge in [0.2, 0.25) is 0 Å². The molecule has 0 spiro atoms. The van der Waals surface area contributed by atoms with Gasteiger partial charge in [0.15, 0.2) is 5.60 Å². The molecule has 1 aromatic carbocycles. The van der Waals surface area contributed by atoms with E-state index in [9.17, 15) is 18.3 Å². The molecule has 1 fully saturated rings. The van der Waals surface area contributed by atoms with E-state index in [1.807, 2.05) is 0 Å². The molecule has 1 aliphatic heterocycles. The highest BCUT2D eigenvalue weighted by Crippen LogP contribution is 2.41. The molecule has 18 heavy (non-hydrogen) atoms. The van der Waals surface area contributed by atoms with Gasteiger partial charge in [0, 0.05) is 13.0 Å². The topological polar surface area (TPSA) is 49.5 Å². The summed E-state index contributed by atoms with van der Waals surface area (Å²) in [6.45, 7) is 1.47. The van der Waals surface area contributed by atoms with Gasteiger partial charge in [-0.05, 0) is 18.6 Å². The van der Waals surface area contributed by atoms with Crippen LogP contribution in [0, 0.1) is 6.92 Å². The number of nitrogens with zero attached hydrogens (tertiary/aromatic N) is 1. The van der Waals surface area contributed by atoms with Crippen molar-refractivity contribution in [2.75, 3.05) is 23.7 Å². The Hall–Kier alpha value is -1.43. The molecule has 6 heteroatoms. The van der Waals surface area contributed by atoms with Crippen LogP contribution >= 0.6 is 0 Å². The number of aliphatic hydroxyl groups is 1. The molecule has 3 nitrogen and oxygen atoms in total. The minimum atomic E-state index is -4.61. The summed E-state index contributed by atoms with van der Waals surface area (Å²) in [7, 11) is 0. The van der Waals surface area contributed by atoms with Crippen molar-refractivity contribution in [1.29, 1.82) is 0 Å². The number of nitrogen functional groups attached to an aromatic ring is 1. The first-order valence-corrected chi connectivity index (χ1v) is 5.64. The fraction of sp³-hybridized carbons (Fsp3) is 0.500. The van der Waals surface area contributed by atoms with Crippen LogP contribution in [-0.2, 0) is 0 Å². The molecular weight excluding hydrogens is 245 g/mol. The Bertz CT molecular complexity index is 441. The van der Waals surface area contributed by atoms with Crippen molar-refractivity contribution in [3.05, 3.63) is 23.8 Å². The standard InChI is InChI=1S/C12H15F3N2O/c1-8-3-2-4-9(16)10(8)17-6-5-11(18,7-17)12(13,14)15/h2-4,18H,5-7,16H2,1H3. The molecule has 1 heterocycles. The fourth-order valence-electron chi connectivity index (χ4n) is 2.33. The summed E-state index contributed by atoms with van der Waals surface area (Å²) in [4.78, 5) is 1.50. The van der Waals surface area contributed by atoms with Crippen LogP contribution in [0.3, 0.4) is 0 Å². The molecule has 2 rings (SSSR count).